The van der Waals surface area contributed by atoms with Crippen molar-refractivity contribution in [2.75, 3.05) is 45.9 Å². The molecule has 1 aromatic rings. The average molecular weight is 310 g/mol. The number of aromatic nitrogens is 2. The summed E-state index contributed by atoms with van der Waals surface area (Å²) in [5, 5.41) is 14.0. The van der Waals surface area contributed by atoms with Crippen LogP contribution in [0.15, 0.2) is 18.5 Å². The van der Waals surface area contributed by atoms with Gasteiger partial charge in [0.15, 0.2) is 0 Å². The van der Waals surface area contributed by atoms with Crippen LogP contribution in [-0.2, 0) is 9.53 Å². The number of amides is 1. The molecule has 0 spiro atoms. The number of aliphatic hydroxyl groups is 1. The highest BCUT2D eigenvalue weighted by molar-refractivity contribution is 5.80. The third kappa shape index (κ3) is 4.53. The maximum absolute atomic E-state index is 12.4. The second-order valence-corrected chi connectivity index (χ2v) is 5.60. The Balaban J connectivity index is 1.76. The number of carbonyl (C=O) groups excluding carboxylic acids is 1. The van der Waals surface area contributed by atoms with Crippen molar-refractivity contribution in [1.82, 2.24) is 19.6 Å². The molecule has 1 amide bonds. The first kappa shape index (κ1) is 16.9. The maximum atomic E-state index is 12.4. The molecule has 1 N–H and O–H groups in total. The van der Waals surface area contributed by atoms with E-state index in [1.807, 2.05) is 31.0 Å². The Morgan fingerprint density at radius 3 is 2.68 bits per heavy atom. The zero-order chi connectivity index (χ0) is 15.9. The highest BCUT2D eigenvalue weighted by Gasteiger charge is 2.26. The third-order valence-corrected chi connectivity index (χ3v) is 3.95. The standard InChI is InChI=1S/C15H26N4O3/c1-3-22-12-14(20)11-17-7-9-18(10-8-17)15(21)13(2)19-6-4-5-16-19/h4-6,13-14,20H,3,7-12H2,1-2H3. The fourth-order valence-electron chi connectivity index (χ4n) is 2.64. The number of β-amino-alcohol motifs (C(OH)–C–C–N with tert-alkyl or cyclic N) is 1. The first-order chi connectivity index (χ1) is 10.6. The van der Waals surface area contributed by atoms with Gasteiger partial charge in [-0.25, -0.2) is 0 Å². The summed E-state index contributed by atoms with van der Waals surface area (Å²) in [6.07, 6.45) is 3.02. The Kier molecular flexibility index (Phi) is 6.35. The predicted molar refractivity (Wildman–Crippen MR) is 82.5 cm³/mol. The van der Waals surface area contributed by atoms with E-state index in [-0.39, 0.29) is 11.9 Å². The molecule has 1 fully saturated rings. The summed E-state index contributed by atoms with van der Waals surface area (Å²) >= 11 is 0. The lowest BCUT2D eigenvalue weighted by Gasteiger charge is -2.36. The van der Waals surface area contributed by atoms with Crippen molar-refractivity contribution in [1.29, 1.82) is 0 Å². The number of aliphatic hydroxyl groups excluding tert-OH is 1. The fourth-order valence-corrected chi connectivity index (χ4v) is 2.64. The Bertz CT molecular complexity index is 444. The largest absolute Gasteiger partial charge is 0.389 e. The number of rotatable bonds is 7. The van der Waals surface area contributed by atoms with E-state index in [9.17, 15) is 9.90 Å². The molecule has 0 radical (unpaired) electrons. The summed E-state index contributed by atoms with van der Waals surface area (Å²) < 4.78 is 6.90. The molecule has 0 aromatic carbocycles. The molecule has 7 nitrogen and oxygen atoms in total. The van der Waals surface area contributed by atoms with E-state index >= 15 is 0 Å². The average Bonchev–Trinajstić information content (AvgIpc) is 3.06. The minimum atomic E-state index is -0.467. The van der Waals surface area contributed by atoms with Gasteiger partial charge in [0.1, 0.15) is 6.04 Å². The van der Waals surface area contributed by atoms with Crippen molar-refractivity contribution in [3.63, 3.8) is 0 Å². The van der Waals surface area contributed by atoms with Gasteiger partial charge in [-0.15, -0.1) is 0 Å². The molecule has 1 aliphatic heterocycles. The fraction of sp³-hybridized carbons (Fsp3) is 0.733. The van der Waals surface area contributed by atoms with Gasteiger partial charge in [0.2, 0.25) is 5.91 Å². The molecule has 0 aliphatic carbocycles. The van der Waals surface area contributed by atoms with Crippen LogP contribution in [0.1, 0.15) is 19.9 Å². The molecular weight excluding hydrogens is 284 g/mol. The molecule has 1 aliphatic rings. The van der Waals surface area contributed by atoms with Crippen LogP contribution in [0.4, 0.5) is 0 Å². The van der Waals surface area contributed by atoms with Gasteiger partial charge in [0.05, 0.1) is 12.7 Å². The van der Waals surface area contributed by atoms with Crippen molar-refractivity contribution in [3.8, 4) is 0 Å². The molecule has 2 atom stereocenters. The van der Waals surface area contributed by atoms with Gasteiger partial charge in [0, 0.05) is 51.7 Å². The highest BCUT2D eigenvalue weighted by atomic mass is 16.5. The van der Waals surface area contributed by atoms with Crippen molar-refractivity contribution < 1.29 is 14.6 Å². The Morgan fingerprint density at radius 2 is 2.09 bits per heavy atom. The van der Waals surface area contributed by atoms with E-state index in [4.69, 9.17) is 4.74 Å². The summed E-state index contributed by atoms with van der Waals surface area (Å²) in [4.78, 5) is 16.5. The molecule has 22 heavy (non-hydrogen) atoms. The Morgan fingerprint density at radius 1 is 1.36 bits per heavy atom. The van der Waals surface area contributed by atoms with Crippen molar-refractivity contribution in [2.45, 2.75) is 26.0 Å². The molecule has 7 heteroatoms. The number of nitrogens with zero attached hydrogens (tertiary/aromatic N) is 4. The summed E-state index contributed by atoms with van der Waals surface area (Å²) in [6, 6.07) is 1.55. The second-order valence-electron chi connectivity index (χ2n) is 5.60. The summed E-state index contributed by atoms with van der Waals surface area (Å²) in [5.74, 6) is 0.0956. The number of hydrogen-bond donors (Lipinski definition) is 1. The molecule has 1 aromatic heterocycles. The molecule has 2 rings (SSSR count). The van der Waals surface area contributed by atoms with Gasteiger partial charge in [-0.05, 0) is 19.9 Å². The van der Waals surface area contributed by atoms with Crippen molar-refractivity contribution in [3.05, 3.63) is 18.5 Å². The molecule has 1 saturated heterocycles. The highest BCUT2D eigenvalue weighted by Crippen LogP contribution is 2.11. The van der Waals surface area contributed by atoms with Crippen LogP contribution in [0, 0.1) is 0 Å². The summed E-state index contributed by atoms with van der Waals surface area (Å²) in [5.41, 5.74) is 0. The van der Waals surface area contributed by atoms with Gasteiger partial charge >= 0.3 is 0 Å². The van der Waals surface area contributed by atoms with Crippen LogP contribution in [0.25, 0.3) is 0 Å². The minimum absolute atomic E-state index is 0.0956. The van der Waals surface area contributed by atoms with Crippen LogP contribution < -0.4 is 0 Å². The molecule has 2 unspecified atom stereocenters. The smallest absolute Gasteiger partial charge is 0.247 e. The zero-order valence-electron chi connectivity index (χ0n) is 13.4. The van der Waals surface area contributed by atoms with Crippen LogP contribution in [0.5, 0.6) is 0 Å². The van der Waals surface area contributed by atoms with E-state index in [0.29, 0.717) is 32.8 Å². The second kappa shape index (κ2) is 8.26. The van der Waals surface area contributed by atoms with Crippen LogP contribution in [0.2, 0.25) is 0 Å². The molecular formula is C15H26N4O3. The van der Waals surface area contributed by atoms with Gasteiger partial charge in [-0.1, -0.05) is 0 Å². The van der Waals surface area contributed by atoms with Crippen LogP contribution in [0.3, 0.4) is 0 Å². The lowest BCUT2D eigenvalue weighted by atomic mass is 10.2. The van der Waals surface area contributed by atoms with Crippen LogP contribution >= 0.6 is 0 Å². The lowest BCUT2D eigenvalue weighted by molar-refractivity contribution is -0.136. The van der Waals surface area contributed by atoms with Gasteiger partial charge in [0.25, 0.3) is 0 Å². The first-order valence-corrected chi connectivity index (χ1v) is 7.88. The van der Waals surface area contributed by atoms with Crippen LogP contribution in [-0.4, -0.2) is 82.6 Å². The SMILES string of the molecule is CCOCC(O)CN1CCN(C(=O)C(C)n2cccn2)CC1. The van der Waals surface area contributed by atoms with E-state index in [0.717, 1.165) is 13.1 Å². The zero-order valence-corrected chi connectivity index (χ0v) is 13.4. The molecule has 2 heterocycles. The number of ether oxygens (including phenoxy) is 1. The van der Waals surface area contributed by atoms with Gasteiger partial charge < -0.3 is 14.7 Å². The number of carbonyl (C=O) groups is 1. The Hall–Kier alpha value is -1.44. The minimum Gasteiger partial charge on any atom is -0.389 e. The predicted octanol–water partition coefficient (Wildman–Crippen LogP) is -0.0143. The van der Waals surface area contributed by atoms with Gasteiger partial charge in [-0.2, -0.15) is 5.10 Å². The lowest BCUT2D eigenvalue weighted by Crippen LogP contribution is -2.52. The molecule has 0 bridgehead atoms. The normalized spacial score (nSPS) is 19.1. The first-order valence-electron chi connectivity index (χ1n) is 7.88. The van der Waals surface area contributed by atoms with Gasteiger partial charge in [-0.3, -0.25) is 14.4 Å². The monoisotopic (exact) mass is 310 g/mol. The third-order valence-electron chi connectivity index (χ3n) is 3.95. The summed E-state index contributed by atoms with van der Waals surface area (Å²) in [7, 11) is 0. The van der Waals surface area contributed by atoms with Crippen molar-refractivity contribution >= 4 is 5.91 Å². The summed E-state index contributed by atoms with van der Waals surface area (Å²) in [6.45, 7) is 8.29. The van der Waals surface area contributed by atoms with E-state index < -0.39 is 6.10 Å². The topological polar surface area (TPSA) is 70.8 Å². The maximum Gasteiger partial charge on any atom is 0.247 e. The van der Waals surface area contributed by atoms with Crippen molar-refractivity contribution in [2.24, 2.45) is 0 Å². The molecule has 124 valence electrons. The van der Waals surface area contributed by atoms with E-state index in [1.165, 1.54) is 0 Å². The molecule has 0 saturated carbocycles. The quantitative estimate of drug-likeness (QED) is 0.767. The number of hydrogen-bond acceptors (Lipinski definition) is 5. The van der Waals surface area contributed by atoms with E-state index in [2.05, 4.69) is 10.00 Å². The number of piperazine rings is 1. The Labute approximate surface area is 131 Å². The van der Waals surface area contributed by atoms with E-state index in [1.54, 1.807) is 10.9 Å².